The second-order valence-electron chi connectivity index (χ2n) is 8.72. The molecule has 2 aliphatic rings. The lowest BCUT2D eigenvalue weighted by atomic mass is 9.96. The Morgan fingerprint density at radius 3 is 2.66 bits per heavy atom. The van der Waals surface area contributed by atoms with Crippen LogP contribution in [0.1, 0.15) is 43.9 Å². The number of hydrogen-bond acceptors (Lipinski definition) is 6. The van der Waals surface area contributed by atoms with Gasteiger partial charge < -0.3 is 20.7 Å². The molecule has 1 aliphatic heterocycles. The van der Waals surface area contributed by atoms with Crippen LogP contribution in [0.25, 0.3) is 0 Å². The second kappa shape index (κ2) is 9.26. The van der Waals surface area contributed by atoms with Crippen LogP contribution in [-0.4, -0.2) is 48.7 Å². The van der Waals surface area contributed by atoms with Crippen LogP contribution in [0.15, 0.2) is 36.5 Å². The standard InChI is InChI=1S/C24H31N5O3/c1-15-4-8-21(13-26-15)32-24(31)28-14-16(2)29(17(3)30)22-9-5-18(10-23(22)28)19(11-25)12-27-20-6-7-20/h4-5,8-10,13,16,19-20,27H,6-7,11-12,14,25H2,1-3H3/t16-,19?/m0/s1. The number of carbonyl (C=O) groups is 2. The Morgan fingerprint density at radius 2 is 2.03 bits per heavy atom. The molecule has 8 heteroatoms. The average Bonchev–Trinajstić information content (AvgIpc) is 3.59. The van der Waals surface area contributed by atoms with E-state index in [-0.39, 0.29) is 17.9 Å². The van der Waals surface area contributed by atoms with Crippen LogP contribution < -0.4 is 25.6 Å². The van der Waals surface area contributed by atoms with E-state index < -0.39 is 6.09 Å². The summed E-state index contributed by atoms with van der Waals surface area (Å²) in [5.41, 5.74) is 9.31. The zero-order valence-corrected chi connectivity index (χ0v) is 18.9. The molecular weight excluding hydrogens is 406 g/mol. The molecule has 1 aromatic heterocycles. The summed E-state index contributed by atoms with van der Waals surface area (Å²) in [5.74, 6) is 0.437. The van der Waals surface area contributed by atoms with Gasteiger partial charge in [0.2, 0.25) is 5.91 Å². The second-order valence-corrected chi connectivity index (χ2v) is 8.72. The molecule has 2 aromatic rings. The molecule has 0 radical (unpaired) electrons. The number of nitrogens with zero attached hydrogens (tertiary/aromatic N) is 3. The molecule has 0 spiro atoms. The molecule has 0 bridgehead atoms. The molecule has 1 fully saturated rings. The first kappa shape index (κ1) is 22.2. The molecule has 0 saturated heterocycles. The minimum atomic E-state index is -0.496. The van der Waals surface area contributed by atoms with Gasteiger partial charge in [0.15, 0.2) is 5.75 Å². The highest BCUT2D eigenvalue weighted by molar-refractivity contribution is 6.02. The summed E-state index contributed by atoms with van der Waals surface area (Å²) in [7, 11) is 0. The van der Waals surface area contributed by atoms with Crippen LogP contribution in [0.2, 0.25) is 0 Å². The maximum absolute atomic E-state index is 13.1. The first-order valence-electron chi connectivity index (χ1n) is 11.2. The Labute approximate surface area is 188 Å². The predicted molar refractivity (Wildman–Crippen MR) is 124 cm³/mol. The van der Waals surface area contributed by atoms with E-state index in [2.05, 4.69) is 10.3 Å². The highest BCUT2D eigenvalue weighted by Crippen LogP contribution is 2.38. The van der Waals surface area contributed by atoms with Crippen LogP contribution >= 0.6 is 0 Å². The van der Waals surface area contributed by atoms with Crippen LogP contribution in [-0.2, 0) is 4.79 Å². The molecule has 8 nitrogen and oxygen atoms in total. The Hall–Kier alpha value is -2.97. The summed E-state index contributed by atoms with van der Waals surface area (Å²) in [6.45, 7) is 6.95. The van der Waals surface area contributed by atoms with Gasteiger partial charge in [-0.25, -0.2) is 4.79 Å². The lowest BCUT2D eigenvalue weighted by molar-refractivity contribution is -0.117. The molecule has 2 atom stereocenters. The minimum Gasteiger partial charge on any atom is -0.408 e. The quantitative estimate of drug-likeness (QED) is 0.721. The number of rotatable bonds is 6. The molecule has 1 unspecified atom stereocenters. The lowest BCUT2D eigenvalue weighted by Gasteiger charge is -2.40. The Kier molecular flexibility index (Phi) is 6.43. The molecule has 1 aliphatic carbocycles. The maximum atomic E-state index is 13.1. The maximum Gasteiger partial charge on any atom is 0.419 e. The number of hydrogen-bond donors (Lipinski definition) is 2. The van der Waals surface area contributed by atoms with Crippen LogP contribution in [0.4, 0.5) is 16.2 Å². The van der Waals surface area contributed by atoms with Crippen LogP contribution in [0.5, 0.6) is 5.75 Å². The number of benzene rings is 1. The molecule has 32 heavy (non-hydrogen) atoms. The number of nitrogens with one attached hydrogen (secondary N) is 1. The average molecular weight is 438 g/mol. The molecule has 2 amide bonds. The van der Waals surface area contributed by atoms with E-state index in [4.69, 9.17) is 10.5 Å². The summed E-state index contributed by atoms with van der Waals surface area (Å²) >= 11 is 0. The fraction of sp³-hybridized carbons (Fsp3) is 0.458. The van der Waals surface area contributed by atoms with Crippen molar-refractivity contribution in [2.75, 3.05) is 29.4 Å². The number of ether oxygens (including phenoxy) is 1. The number of aryl methyl sites for hydroxylation is 1. The van der Waals surface area contributed by atoms with Crippen molar-refractivity contribution in [2.45, 2.75) is 51.6 Å². The summed E-state index contributed by atoms with van der Waals surface area (Å²) < 4.78 is 5.61. The number of nitrogens with two attached hydrogens (primary N) is 1. The molecule has 4 rings (SSSR count). The highest BCUT2D eigenvalue weighted by Gasteiger charge is 2.35. The first-order valence-corrected chi connectivity index (χ1v) is 11.2. The van der Waals surface area contributed by atoms with Gasteiger partial charge in [-0.05, 0) is 56.5 Å². The molecule has 170 valence electrons. The smallest absolute Gasteiger partial charge is 0.408 e. The summed E-state index contributed by atoms with van der Waals surface area (Å²) in [5, 5.41) is 3.53. The van der Waals surface area contributed by atoms with Crippen molar-refractivity contribution in [1.29, 1.82) is 0 Å². The first-order chi connectivity index (χ1) is 15.4. The van der Waals surface area contributed by atoms with E-state index in [1.807, 2.05) is 32.0 Å². The largest absolute Gasteiger partial charge is 0.419 e. The van der Waals surface area contributed by atoms with Crippen molar-refractivity contribution in [2.24, 2.45) is 5.73 Å². The summed E-state index contributed by atoms with van der Waals surface area (Å²) in [6, 6.07) is 9.81. The SMILES string of the molecule is CC(=O)N1c2ccc(C(CN)CNC3CC3)cc2N(C(=O)Oc2ccc(C)nc2)C[C@@H]1C. The van der Waals surface area contributed by atoms with Crippen LogP contribution in [0, 0.1) is 6.92 Å². The summed E-state index contributed by atoms with van der Waals surface area (Å²) in [4.78, 5) is 33.1. The van der Waals surface area contributed by atoms with Gasteiger partial charge in [-0.3, -0.25) is 14.7 Å². The normalized spacial score (nSPS) is 18.8. The zero-order chi connectivity index (χ0) is 22.8. The van der Waals surface area contributed by atoms with E-state index in [9.17, 15) is 9.59 Å². The molecule has 3 N–H and O–H groups in total. The number of carbonyl (C=O) groups excluding carboxylic acids is 2. The van der Waals surface area contributed by atoms with E-state index in [0.717, 1.165) is 17.8 Å². The van der Waals surface area contributed by atoms with Crippen molar-refractivity contribution in [3.8, 4) is 5.75 Å². The van der Waals surface area contributed by atoms with Gasteiger partial charge in [-0.1, -0.05) is 6.07 Å². The van der Waals surface area contributed by atoms with Crippen molar-refractivity contribution < 1.29 is 14.3 Å². The van der Waals surface area contributed by atoms with Crippen LogP contribution in [0.3, 0.4) is 0 Å². The Morgan fingerprint density at radius 1 is 1.25 bits per heavy atom. The van der Waals surface area contributed by atoms with Gasteiger partial charge in [-0.15, -0.1) is 0 Å². The Balaban J connectivity index is 1.65. The predicted octanol–water partition coefficient (Wildman–Crippen LogP) is 2.94. The molecule has 1 saturated carbocycles. The van der Waals surface area contributed by atoms with E-state index in [0.29, 0.717) is 36.3 Å². The zero-order valence-electron chi connectivity index (χ0n) is 18.9. The monoisotopic (exact) mass is 437 g/mol. The number of aromatic nitrogens is 1. The van der Waals surface area contributed by atoms with Gasteiger partial charge in [0, 0.05) is 44.2 Å². The van der Waals surface area contributed by atoms with Gasteiger partial charge in [0.05, 0.1) is 23.6 Å². The highest BCUT2D eigenvalue weighted by atomic mass is 16.6. The van der Waals surface area contributed by atoms with Crippen molar-refractivity contribution in [3.63, 3.8) is 0 Å². The lowest BCUT2D eigenvalue weighted by Crippen LogP contribution is -2.52. The van der Waals surface area contributed by atoms with Gasteiger partial charge >= 0.3 is 6.09 Å². The number of fused-ring (bicyclic) bond motifs is 1. The molecule has 2 heterocycles. The topological polar surface area (TPSA) is 101 Å². The third-order valence-corrected chi connectivity index (χ3v) is 6.07. The van der Waals surface area contributed by atoms with E-state index >= 15 is 0 Å². The summed E-state index contributed by atoms with van der Waals surface area (Å²) in [6.07, 6.45) is 3.46. The van der Waals surface area contributed by atoms with Crippen molar-refractivity contribution in [1.82, 2.24) is 10.3 Å². The van der Waals surface area contributed by atoms with Gasteiger partial charge in [0.25, 0.3) is 0 Å². The van der Waals surface area contributed by atoms with E-state index in [1.165, 1.54) is 19.0 Å². The van der Waals surface area contributed by atoms with E-state index in [1.54, 1.807) is 28.9 Å². The third kappa shape index (κ3) is 4.76. The van der Waals surface area contributed by atoms with Crippen molar-refractivity contribution >= 4 is 23.4 Å². The number of amides is 2. The fourth-order valence-electron chi connectivity index (χ4n) is 4.15. The van der Waals surface area contributed by atoms with Gasteiger partial charge in [0.1, 0.15) is 0 Å². The molecular formula is C24H31N5O3. The Bertz CT molecular complexity index is 990. The minimum absolute atomic E-state index is 0.0620. The third-order valence-electron chi connectivity index (χ3n) is 6.07. The number of anilines is 2. The van der Waals surface area contributed by atoms with Gasteiger partial charge in [-0.2, -0.15) is 0 Å². The fourth-order valence-corrected chi connectivity index (χ4v) is 4.15. The molecule has 1 aromatic carbocycles. The number of pyridine rings is 1. The van der Waals surface area contributed by atoms with Crippen molar-refractivity contribution in [3.05, 3.63) is 47.8 Å².